The van der Waals surface area contributed by atoms with Crippen LogP contribution in [0, 0.1) is 0 Å². The average Bonchev–Trinajstić information content (AvgIpc) is 3.19. The molecular weight excluding hydrogens is 360 g/mol. The Balaban J connectivity index is 1.38. The van der Waals surface area contributed by atoms with Gasteiger partial charge in [-0.15, -0.1) is 11.3 Å². The normalized spacial score (nSPS) is 12.2. The highest BCUT2D eigenvalue weighted by molar-refractivity contribution is 7.16. The zero-order chi connectivity index (χ0) is 18.6. The molecule has 0 radical (unpaired) electrons. The highest BCUT2D eigenvalue weighted by Gasteiger charge is 2.11. The number of rotatable bonds is 6. The monoisotopic (exact) mass is 378 g/mol. The minimum absolute atomic E-state index is 0.0960. The number of hydrogen-bond donors (Lipinski definition) is 1. The smallest absolute Gasteiger partial charge is 0.262 e. The lowest BCUT2D eigenvalue weighted by Crippen LogP contribution is -2.30. The van der Waals surface area contributed by atoms with Crippen molar-refractivity contribution < 1.29 is 9.84 Å². The van der Waals surface area contributed by atoms with Crippen molar-refractivity contribution in [2.45, 2.75) is 12.6 Å². The summed E-state index contributed by atoms with van der Waals surface area (Å²) in [5, 5.41) is 12.6. The summed E-state index contributed by atoms with van der Waals surface area (Å²) in [6.45, 7) is 0.235. The molecule has 0 bridgehead atoms. The van der Waals surface area contributed by atoms with Gasteiger partial charge >= 0.3 is 0 Å². The van der Waals surface area contributed by atoms with Crippen LogP contribution in [-0.4, -0.2) is 27.4 Å². The van der Waals surface area contributed by atoms with Gasteiger partial charge < -0.3 is 9.84 Å². The zero-order valence-corrected chi connectivity index (χ0v) is 15.3. The first-order valence-corrected chi connectivity index (χ1v) is 9.47. The molecule has 4 aromatic rings. The third-order valence-electron chi connectivity index (χ3n) is 4.26. The van der Waals surface area contributed by atoms with Gasteiger partial charge in [0.15, 0.2) is 0 Å². The SMILES string of the molecule is O=c1c2ccsc2ncn1C[C@H](O)COc1ccc(-c2ccccc2)cc1. The number of fused-ring (bicyclic) bond motifs is 1. The van der Waals surface area contributed by atoms with Gasteiger partial charge in [-0.3, -0.25) is 9.36 Å². The fourth-order valence-corrected chi connectivity index (χ4v) is 3.59. The lowest BCUT2D eigenvalue weighted by Gasteiger charge is -2.14. The van der Waals surface area contributed by atoms with Gasteiger partial charge in [0.05, 0.1) is 18.3 Å². The van der Waals surface area contributed by atoms with Crippen LogP contribution in [0.2, 0.25) is 0 Å². The predicted octanol–water partition coefficient (Wildman–Crippen LogP) is 3.56. The van der Waals surface area contributed by atoms with E-state index in [1.165, 1.54) is 22.2 Å². The van der Waals surface area contributed by atoms with Gasteiger partial charge in [0.2, 0.25) is 0 Å². The molecule has 2 aromatic heterocycles. The largest absolute Gasteiger partial charge is 0.491 e. The van der Waals surface area contributed by atoms with E-state index in [1.807, 2.05) is 47.8 Å². The Hall–Kier alpha value is -2.96. The van der Waals surface area contributed by atoms with E-state index in [0.29, 0.717) is 16.0 Å². The standard InChI is InChI=1S/C21H18N2O3S/c24-17(12-23-14-22-20-19(21(23)25)10-11-27-20)13-26-18-8-6-16(7-9-18)15-4-2-1-3-5-15/h1-11,14,17,24H,12-13H2/t17-/m0/s1. The molecule has 2 aromatic carbocycles. The molecular formula is C21H18N2O3S. The summed E-state index contributed by atoms with van der Waals surface area (Å²) in [5.74, 6) is 0.674. The highest BCUT2D eigenvalue weighted by Crippen LogP contribution is 2.22. The molecule has 0 saturated carbocycles. The molecule has 2 heterocycles. The summed E-state index contributed by atoms with van der Waals surface area (Å²) in [6, 6.07) is 19.6. The Morgan fingerprint density at radius 2 is 1.78 bits per heavy atom. The van der Waals surface area contributed by atoms with Gasteiger partial charge in [-0.1, -0.05) is 42.5 Å². The number of aliphatic hydroxyl groups is 1. The quantitative estimate of drug-likeness (QED) is 0.557. The summed E-state index contributed by atoms with van der Waals surface area (Å²) in [6.07, 6.45) is 0.661. The fraction of sp³-hybridized carbons (Fsp3) is 0.143. The molecule has 0 aliphatic rings. The third kappa shape index (κ3) is 3.92. The van der Waals surface area contributed by atoms with Crippen molar-refractivity contribution >= 4 is 21.6 Å². The van der Waals surface area contributed by atoms with Crippen LogP contribution in [0.25, 0.3) is 21.3 Å². The van der Waals surface area contributed by atoms with E-state index in [-0.39, 0.29) is 18.7 Å². The molecule has 136 valence electrons. The molecule has 4 rings (SSSR count). The summed E-state index contributed by atoms with van der Waals surface area (Å²) in [7, 11) is 0. The van der Waals surface area contributed by atoms with Crippen LogP contribution >= 0.6 is 11.3 Å². The van der Waals surface area contributed by atoms with E-state index < -0.39 is 6.10 Å². The van der Waals surface area contributed by atoms with Crippen molar-refractivity contribution in [3.8, 4) is 16.9 Å². The molecule has 27 heavy (non-hydrogen) atoms. The van der Waals surface area contributed by atoms with Crippen LogP contribution in [0.4, 0.5) is 0 Å². The van der Waals surface area contributed by atoms with Gasteiger partial charge in [0, 0.05) is 0 Å². The predicted molar refractivity (Wildman–Crippen MR) is 107 cm³/mol. The van der Waals surface area contributed by atoms with Crippen LogP contribution in [0.15, 0.2) is 77.2 Å². The molecule has 0 spiro atoms. The van der Waals surface area contributed by atoms with Crippen molar-refractivity contribution in [3.05, 3.63) is 82.7 Å². The van der Waals surface area contributed by atoms with Gasteiger partial charge in [0.1, 0.15) is 23.3 Å². The first-order chi connectivity index (χ1) is 13.2. The number of aromatic nitrogens is 2. The van der Waals surface area contributed by atoms with Crippen LogP contribution in [0.1, 0.15) is 0 Å². The summed E-state index contributed by atoms with van der Waals surface area (Å²) < 4.78 is 7.08. The Morgan fingerprint density at radius 1 is 1.04 bits per heavy atom. The van der Waals surface area contributed by atoms with E-state index in [9.17, 15) is 9.90 Å². The lowest BCUT2D eigenvalue weighted by molar-refractivity contribution is 0.0915. The van der Waals surface area contributed by atoms with Gasteiger partial charge in [-0.2, -0.15) is 0 Å². The van der Waals surface area contributed by atoms with Crippen LogP contribution in [-0.2, 0) is 6.54 Å². The number of ether oxygens (including phenoxy) is 1. The van der Waals surface area contributed by atoms with E-state index >= 15 is 0 Å². The van der Waals surface area contributed by atoms with E-state index in [0.717, 1.165) is 11.1 Å². The number of hydrogen-bond acceptors (Lipinski definition) is 5. The van der Waals surface area contributed by atoms with Gasteiger partial charge in [0.25, 0.3) is 5.56 Å². The van der Waals surface area contributed by atoms with Crippen molar-refractivity contribution in [2.24, 2.45) is 0 Å². The molecule has 1 N–H and O–H groups in total. The summed E-state index contributed by atoms with van der Waals surface area (Å²) in [5.41, 5.74) is 2.09. The second-order valence-corrected chi connectivity index (χ2v) is 7.09. The maximum absolute atomic E-state index is 12.3. The number of benzene rings is 2. The summed E-state index contributed by atoms with van der Waals surface area (Å²) in [4.78, 5) is 17.3. The Morgan fingerprint density at radius 3 is 2.56 bits per heavy atom. The first-order valence-electron chi connectivity index (χ1n) is 8.60. The summed E-state index contributed by atoms with van der Waals surface area (Å²) >= 11 is 1.42. The van der Waals surface area contributed by atoms with Crippen LogP contribution < -0.4 is 10.3 Å². The molecule has 0 fully saturated rings. The molecule has 0 amide bonds. The lowest BCUT2D eigenvalue weighted by atomic mass is 10.1. The molecule has 0 aliphatic carbocycles. The minimum atomic E-state index is -0.811. The Labute approximate surface area is 160 Å². The molecule has 5 nitrogen and oxygen atoms in total. The van der Waals surface area contributed by atoms with Gasteiger partial charge in [-0.05, 0) is 34.7 Å². The van der Waals surface area contributed by atoms with Gasteiger partial charge in [-0.25, -0.2) is 4.98 Å². The van der Waals surface area contributed by atoms with E-state index in [2.05, 4.69) is 17.1 Å². The fourth-order valence-electron chi connectivity index (χ4n) is 2.87. The van der Waals surface area contributed by atoms with Crippen molar-refractivity contribution in [1.82, 2.24) is 9.55 Å². The third-order valence-corrected chi connectivity index (χ3v) is 5.08. The van der Waals surface area contributed by atoms with Crippen molar-refractivity contribution in [1.29, 1.82) is 0 Å². The topological polar surface area (TPSA) is 64.4 Å². The van der Waals surface area contributed by atoms with Crippen LogP contribution in [0.5, 0.6) is 5.75 Å². The second kappa shape index (κ2) is 7.73. The number of thiophene rings is 1. The van der Waals surface area contributed by atoms with Crippen molar-refractivity contribution in [3.63, 3.8) is 0 Å². The van der Waals surface area contributed by atoms with Crippen LogP contribution in [0.3, 0.4) is 0 Å². The minimum Gasteiger partial charge on any atom is -0.491 e. The highest BCUT2D eigenvalue weighted by atomic mass is 32.1. The average molecular weight is 378 g/mol. The second-order valence-electron chi connectivity index (χ2n) is 6.20. The van der Waals surface area contributed by atoms with Crippen molar-refractivity contribution in [2.75, 3.05) is 6.61 Å². The maximum atomic E-state index is 12.3. The Bertz CT molecular complexity index is 1090. The van der Waals surface area contributed by atoms with E-state index in [1.54, 1.807) is 6.07 Å². The number of aliphatic hydroxyl groups excluding tert-OH is 1. The first kappa shape index (κ1) is 17.5. The molecule has 0 saturated heterocycles. The molecule has 6 heteroatoms. The van der Waals surface area contributed by atoms with E-state index in [4.69, 9.17) is 4.74 Å². The number of nitrogens with zero attached hydrogens (tertiary/aromatic N) is 2. The zero-order valence-electron chi connectivity index (χ0n) is 14.5. The Kier molecular flexibility index (Phi) is 5.00. The molecule has 1 atom stereocenters. The molecule has 0 aliphatic heterocycles. The maximum Gasteiger partial charge on any atom is 0.262 e. The molecule has 0 unspecified atom stereocenters.